The third-order valence-corrected chi connectivity index (χ3v) is 3.50. The summed E-state index contributed by atoms with van der Waals surface area (Å²) in [5, 5.41) is 0. The van der Waals surface area contributed by atoms with Crippen LogP contribution in [0.5, 0.6) is 0 Å². The van der Waals surface area contributed by atoms with E-state index in [-0.39, 0.29) is 11.8 Å². The summed E-state index contributed by atoms with van der Waals surface area (Å²) < 4.78 is 0. The third-order valence-electron chi connectivity index (χ3n) is 3.50. The summed E-state index contributed by atoms with van der Waals surface area (Å²) >= 11 is 0. The second-order valence-electron chi connectivity index (χ2n) is 4.90. The van der Waals surface area contributed by atoms with Gasteiger partial charge in [-0.2, -0.15) is 0 Å². The van der Waals surface area contributed by atoms with Gasteiger partial charge in [0, 0.05) is 32.1 Å². The molecule has 2 rings (SSSR count). The molecule has 1 aromatic rings. The summed E-state index contributed by atoms with van der Waals surface area (Å²) in [7, 11) is 0. The molecule has 0 bridgehead atoms. The number of aromatic nitrogens is 2. The number of nitrogens with zero attached hydrogens (tertiary/aromatic N) is 3. The van der Waals surface area contributed by atoms with E-state index in [4.69, 9.17) is 5.73 Å². The van der Waals surface area contributed by atoms with Crippen LogP contribution in [0.4, 0.5) is 0 Å². The number of hydrogen-bond acceptors (Lipinski definition) is 4. The van der Waals surface area contributed by atoms with Crippen LogP contribution in [0.3, 0.4) is 0 Å². The van der Waals surface area contributed by atoms with Gasteiger partial charge >= 0.3 is 0 Å². The van der Waals surface area contributed by atoms with Gasteiger partial charge in [-0.05, 0) is 19.8 Å². The molecular weight excluding hydrogens is 244 g/mol. The van der Waals surface area contributed by atoms with E-state index >= 15 is 0 Å². The average molecular weight is 262 g/mol. The molecule has 2 heterocycles. The lowest BCUT2D eigenvalue weighted by molar-refractivity contribution is -0.130. The Hall–Kier alpha value is -1.98. The lowest BCUT2D eigenvalue weighted by Crippen LogP contribution is -2.38. The van der Waals surface area contributed by atoms with E-state index in [0.717, 1.165) is 19.4 Å². The Kier molecular flexibility index (Phi) is 3.78. The highest BCUT2D eigenvalue weighted by Gasteiger charge is 2.25. The Bertz CT molecular complexity index is 515. The van der Waals surface area contributed by atoms with Gasteiger partial charge in [0.2, 0.25) is 5.91 Å². The first kappa shape index (κ1) is 13.5. The highest BCUT2D eigenvalue weighted by atomic mass is 16.2. The third kappa shape index (κ3) is 2.89. The number of hydrogen-bond donors (Lipinski definition) is 1. The SMILES string of the molecule is CC(=O)N1CCC[C@@H](c2ncc(C(N)=O)c(C)n2)C1. The van der Waals surface area contributed by atoms with Gasteiger partial charge in [-0.3, -0.25) is 9.59 Å². The molecule has 0 saturated carbocycles. The molecule has 0 aromatic carbocycles. The fourth-order valence-corrected chi connectivity index (χ4v) is 2.40. The van der Waals surface area contributed by atoms with Crippen molar-refractivity contribution in [1.82, 2.24) is 14.9 Å². The molecule has 19 heavy (non-hydrogen) atoms. The topological polar surface area (TPSA) is 89.2 Å². The number of primary amides is 1. The van der Waals surface area contributed by atoms with Crippen LogP contribution in [0.25, 0.3) is 0 Å². The van der Waals surface area contributed by atoms with Gasteiger partial charge in [0.1, 0.15) is 5.82 Å². The van der Waals surface area contributed by atoms with Gasteiger partial charge in [0.05, 0.1) is 11.3 Å². The summed E-state index contributed by atoms with van der Waals surface area (Å²) in [6.07, 6.45) is 3.38. The zero-order valence-corrected chi connectivity index (χ0v) is 11.2. The number of likely N-dealkylation sites (tertiary alicyclic amines) is 1. The Morgan fingerprint density at radius 2 is 2.21 bits per heavy atom. The Morgan fingerprint density at radius 3 is 2.79 bits per heavy atom. The van der Waals surface area contributed by atoms with E-state index in [1.165, 1.54) is 6.20 Å². The van der Waals surface area contributed by atoms with Crippen LogP contribution in [0, 0.1) is 6.92 Å². The Balaban J connectivity index is 2.20. The van der Waals surface area contributed by atoms with Gasteiger partial charge in [0.25, 0.3) is 5.91 Å². The monoisotopic (exact) mass is 262 g/mol. The van der Waals surface area contributed by atoms with Crippen LogP contribution in [-0.2, 0) is 4.79 Å². The van der Waals surface area contributed by atoms with Gasteiger partial charge in [-0.15, -0.1) is 0 Å². The maximum atomic E-state index is 11.4. The van der Waals surface area contributed by atoms with Crippen molar-refractivity contribution >= 4 is 11.8 Å². The van der Waals surface area contributed by atoms with Crippen LogP contribution in [0.2, 0.25) is 0 Å². The summed E-state index contributed by atoms with van der Waals surface area (Å²) in [5.41, 5.74) is 6.18. The summed E-state index contributed by atoms with van der Waals surface area (Å²) in [6, 6.07) is 0. The molecule has 1 aromatic heterocycles. The summed E-state index contributed by atoms with van der Waals surface area (Å²) in [6.45, 7) is 4.76. The lowest BCUT2D eigenvalue weighted by atomic mass is 9.97. The highest BCUT2D eigenvalue weighted by Crippen LogP contribution is 2.24. The molecule has 102 valence electrons. The van der Waals surface area contributed by atoms with Crippen molar-refractivity contribution in [1.29, 1.82) is 0 Å². The number of carbonyl (C=O) groups is 2. The normalized spacial score (nSPS) is 19.3. The number of nitrogens with two attached hydrogens (primary N) is 1. The van der Waals surface area contributed by atoms with Crippen molar-refractivity contribution in [2.45, 2.75) is 32.6 Å². The smallest absolute Gasteiger partial charge is 0.252 e. The fraction of sp³-hybridized carbons (Fsp3) is 0.538. The van der Waals surface area contributed by atoms with Crippen molar-refractivity contribution in [3.05, 3.63) is 23.3 Å². The zero-order valence-electron chi connectivity index (χ0n) is 11.2. The maximum absolute atomic E-state index is 11.4. The minimum absolute atomic E-state index is 0.0789. The van der Waals surface area contributed by atoms with Crippen molar-refractivity contribution < 1.29 is 9.59 Å². The Labute approximate surface area is 112 Å². The van der Waals surface area contributed by atoms with Crippen molar-refractivity contribution in [3.8, 4) is 0 Å². The predicted molar refractivity (Wildman–Crippen MR) is 69.5 cm³/mol. The molecule has 1 saturated heterocycles. The molecule has 1 aliphatic rings. The van der Waals surface area contributed by atoms with Gasteiger partial charge in [0.15, 0.2) is 0 Å². The number of piperidine rings is 1. The zero-order chi connectivity index (χ0) is 14.0. The number of rotatable bonds is 2. The maximum Gasteiger partial charge on any atom is 0.252 e. The van der Waals surface area contributed by atoms with E-state index in [2.05, 4.69) is 9.97 Å². The van der Waals surface area contributed by atoms with Crippen LogP contribution in [0.15, 0.2) is 6.20 Å². The van der Waals surface area contributed by atoms with Crippen molar-refractivity contribution in [3.63, 3.8) is 0 Å². The van der Waals surface area contributed by atoms with Crippen LogP contribution in [0.1, 0.15) is 47.6 Å². The summed E-state index contributed by atoms with van der Waals surface area (Å²) in [5.74, 6) is 0.389. The first-order valence-corrected chi connectivity index (χ1v) is 6.38. The number of aryl methyl sites for hydroxylation is 1. The number of carbonyl (C=O) groups excluding carboxylic acids is 2. The standard InChI is InChI=1S/C13H18N4O2/c1-8-11(12(14)19)6-15-13(16-8)10-4-3-5-17(7-10)9(2)18/h6,10H,3-5,7H2,1-2H3,(H2,14,19)/t10-/m1/s1. The van der Waals surface area contributed by atoms with Crippen molar-refractivity contribution in [2.75, 3.05) is 13.1 Å². The van der Waals surface area contributed by atoms with Gasteiger partial charge < -0.3 is 10.6 Å². The van der Waals surface area contributed by atoms with Gasteiger partial charge in [-0.25, -0.2) is 9.97 Å². The molecule has 0 aliphatic carbocycles. The first-order valence-electron chi connectivity index (χ1n) is 6.38. The molecule has 2 N–H and O–H groups in total. The van der Waals surface area contributed by atoms with Crippen molar-refractivity contribution in [2.24, 2.45) is 5.73 Å². The molecule has 0 radical (unpaired) electrons. The molecular formula is C13H18N4O2. The molecule has 6 heteroatoms. The summed E-state index contributed by atoms with van der Waals surface area (Å²) in [4.78, 5) is 33.0. The number of amides is 2. The fourth-order valence-electron chi connectivity index (χ4n) is 2.40. The van der Waals surface area contributed by atoms with Crippen LogP contribution in [-0.4, -0.2) is 39.8 Å². The van der Waals surface area contributed by atoms with Gasteiger partial charge in [-0.1, -0.05) is 0 Å². The minimum atomic E-state index is -0.516. The molecule has 6 nitrogen and oxygen atoms in total. The molecule has 1 atom stereocenters. The molecule has 0 spiro atoms. The quantitative estimate of drug-likeness (QED) is 0.845. The van der Waals surface area contributed by atoms with E-state index in [1.54, 1.807) is 13.8 Å². The van der Waals surface area contributed by atoms with E-state index in [0.29, 0.717) is 23.6 Å². The lowest BCUT2D eigenvalue weighted by Gasteiger charge is -2.31. The van der Waals surface area contributed by atoms with Crippen LogP contribution >= 0.6 is 0 Å². The predicted octanol–water partition coefficient (Wildman–Crippen LogP) is 0.610. The average Bonchev–Trinajstić information content (AvgIpc) is 2.38. The second-order valence-corrected chi connectivity index (χ2v) is 4.90. The molecule has 2 amide bonds. The first-order chi connectivity index (χ1) is 8.99. The molecule has 1 aliphatic heterocycles. The van der Waals surface area contributed by atoms with E-state index in [1.807, 2.05) is 4.90 Å². The Morgan fingerprint density at radius 1 is 1.47 bits per heavy atom. The molecule has 1 fully saturated rings. The second kappa shape index (κ2) is 5.34. The highest BCUT2D eigenvalue weighted by molar-refractivity contribution is 5.93. The minimum Gasteiger partial charge on any atom is -0.365 e. The molecule has 0 unspecified atom stereocenters. The van der Waals surface area contributed by atoms with E-state index in [9.17, 15) is 9.59 Å². The van der Waals surface area contributed by atoms with Crippen LogP contribution < -0.4 is 5.73 Å². The van der Waals surface area contributed by atoms with E-state index < -0.39 is 5.91 Å². The largest absolute Gasteiger partial charge is 0.365 e.